The molecule has 0 atom stereocenters. The molecule has 0 radical (unpaired) electrons. The van der Waals surface area contributed by atoms with Gasteiger partial charge < -0.3 is 0 Å². The molecule has 1 rings (SSSR count). The van der Waals surface area contributed by atoms with E-state index in [2.05, 4.69) is 66.3 Å². The van der Waals surface area contributed by atoms with E-state index in [0.29, 0.717) is 0 Å². The zero-order valence-corrected chi connectivity index (χ0v) is 15.1. The molecule has 0 nitrogen and oxygen atoms in total. The Bertz CT molecular complexity index is 452. The highest BCUT2D eigenvalue weighted by molar-refractivity contribution is 5.39. The lowest BCUT2D eigenvalue weighted by atomic mass is 9.78. The molecule has 0 saturated carbocycles. The topological polar surface area (TPSA) is 0 Å². The number of hydrogen-bond donors (Lipinski definition) is 0. The van der Waals surface area contributed by atoms with Crippen molar-refractivity contribution in [1.29, 1.82) is 0 Å². The predicted molar refractivity (Wildman–Crippen MR) is 96.2 cm³/mol. The Labute approximate surface area is 132 Å². The molecule has 0 N–H and O–H groups in total. The van der Waals surface area contributed by atoms with E-state index < -0.39 is 0 Å². The van der Waals surface area contributed by atoms with Crippen molar-refractivity contribution in [2.45, 2.75) is 84.5 Å². The molecule has 21 heavy (non-hydrogen) atoms. The zero-order chi connectivity index (χ0) is 16.1. The summed E-state index contributed by atoms with van der Waals surface area (Å²) in [6.07, 6.45) is 8.23. The van der Waals surface area contributed by atoms with Crippen LogP contribution >= 0.6 is 0 Å². The Morgan fingerprint density at radius 1 is 0.905 bits per heavy atom. The first-order valence-electron chi connectivity index (χ1n) is 8.41. The molecule has 0 saturated heterocycles. The van der Waals surface area contributed by atoms with Crippen molar-refractivity contribution in [3.05, 3.63) is 47.5 Å². The maximum atomic E-state index is 3.80. The lowest BCUT2D eigenvalue weighted by Crippen LogP contribution is -2.17. The molecule has 1 aromatic carbocycles. The first-order chi connectivity index (χ1) is 9.66. The zero-order valence-electron chi connectivity index (χ0n) is 15.1. The smallest absolute Gasteiger partial charge is 0.0129 e. The van der Waals surface area contributed by atoms with Crippen molar-refractivity contribution in [2.24, 2.45) is 0 Å². The summed E-state index contributed by atoms with van der Waals surface area (Å²) < 4.78 is 0. The van der Waals surface area contributed by atoms with Crippen LogP contribution in [-0.2, 0) is 17.3 Å². The molecule has 1 aromatic rings. The van der Waals surface area contributed by atoms with Gasteiger partial charge in [0.2, 0.25) is 0 Å². The van der Waals surface area contributed by atoms with E-state index >= 15 is 0 Å². The minimum absolute atomic E-state index is 0.229. The Morgan fingerprint density at radius 3 is 2.10 bits per heavy atom. The van der Waals surface area contributed by atoms with E-state index in [9.17, 15) is 0 Å². The van der Waals surface area contributed by atoms with Gasteiger partial charge in [0.05, 0.1) is 0 Å². The van der Waals surface area contributed by atoms with Crippen LogP contribution in [0.2, 0.25) is 0 Å². The minimum atomic E-state index is 0.229. The first kappa shape index (κ1) is 18.0. The van der Waals surface area contributed by atoms with Gasteiger partial charge in [-0.25, -0.2) is 0 Å². The highest BCUT2D eigenvalue weighted by Gasteiger charge is 2.21. The van der Waals surface area contributed by atoms with Gasteiger partial charge in [-0.15, -0.1) is 6.58 Å². The predicted octanol–water partition coefficient (Wildman–Crippen LogP) is 6.57. The van der Waals surface area contributed by atoms with Crippen molar-refractivity contribution in [1.82, 2.24) is 0 Å². The fourth-order valence-electron chi connectivity index (χ4n) is 2.78. The minimum Gasteiger partial charge on any atom is -0.103 e. The van der Waals surface area contributed by atoms with Gasteiger partial charge in [0.1, 0.15) is 0 Å². The summed E-state index contributed by atoms with van der Waals surface area (Å²) in [5, 5.41) is 0. The fraction of sp³-hybridized carbons (Fsp3) is 0.619. The average Bonchev–Trinajstić information content (AvgIpc) is 2.36. The number of rotatable bonds is 6. The Hall–Kier alpha value is -1.04. The van der Waals surface area contributed by atoms with Gasteiger partial charge in [0, 0.05) is 0 Å². The van der Waals surface area contributed by atoms with Crippen molar-refractivity contribution >= 4 is 0 Å². The van der Waals surface area contributed by atoms with Gasteiger partial charge in [-0.05, 0) is 53.2 Å². The van der Waals surface area contributed by atoms with Crippen LogP contribution in [0.5, 0.6) is 0 Å². The van der Waals surface area contributed by atoms with Gasteiger partial charge in [0.25, 0.3) is 0 Å². The molecule has 0 aliphatic carbocycles. The van der Waals surface area contributed by atoms with Crippen molar-refractivity contribution in [3.63, 3.8) is 0 Å². The molecule has 0 fully saturated rings. The average molecular weight is 287 g/mol. The lowest BCUT2D eigenvalue weighted by molar-refractivity contribution is 0.565. The van der Waals surface area contributed by atoms with E-state index in [1.807, 2.05) is 6.08 Å². The molecule has 0 unspecified atom stereocenters. The third-order valence-corrected chi connectivity index (χ3v) is 4.13. The number of benzene rings is 1. The largest absolute Gasteiger partial charge is 0.103 e. The summed E-state index contributed by atoms with van der Waals surface area (Å²) in [6.45, 7) is 17.7. The van der Waals surface area contributed by atoms with Crippen LogP contribution in [0.15, 0.2) is 30.9 Å². The van der Waals surface area contributed by atoms with Crippen LogP contribution in [0.1, 0.15) is 83.9 Å². The standard InChI is InChI=1S/C21H34/c1-8-9-10-11-12-13-17-16-18(20(2,3)4)14-15-19(17)21(5,6)7/h8,14-16H,1,9-13H2,2-7H3. The maximum absolute atomic E-state index is 3.80. The highest BCUT2D eigenvalue weighted by Crippen LogP contribution is 2.31. The van der Waals surface area contributed by atoms with Crippen LogP contribution in [0.25, 0.3) is 0 Å². The molecule has 0 spiro atoms. The molecule has 0 aliphatic heterocycles. The van der Waals surface area contributed by atoms with Crippen molar-refractivity contribution in [3.8, 4) is 0 Å². The van der Waals surface area contributed by atoms with Gasteiger partial charge >= 0.3 is 0 Å². The van der Waals surface area contributed by atoms with E-state index in [1.54, 1.807) is 5.56 Å². The van der Waals surface area contributed by atoms with Crippen LogP contribution < -0.4 is 0 Å². The maximum Gasteiger partial charge on any atom is -0.0129 e. The van der Waals surface area contributed by atoms with Crippen molar-refractivity contribution < 1.29 is 0 Å². The third-order valence-electron chi connectivity index (χ3n) is 4.13. The molecule has 0 amide bonds. The second-order valence-corrected chi connectivity index (χ2v) is 8.26. The van der Waals surface area contributed by atoms with Crippen LogP contribution in [0.3, 0.4) is 0 Å². The van der Waals surface area contributed by atoms with Crippen LogP contribution in [0.4, 0.5) is 0 Å². The van der Waals surface area contributed by atoms with E-state index in [4.69, 9.17) is 0 Å². The Kier molecular flexibility index (Phi) is 6.25. The second-order valence-electron chi connectivity index (χ2n) is 8.26. The lowest BCUT2D eigenvalue weighted by Gasteiger charge is -2.27. The van der Waals surface area contributed by atoms with Gasteiger partial charge in [-0.2, -0.15) is 0 Å². The first-order valence-corrected chi connectivity index (χ1v) is 8.41. The third kappa shape index (κ3) is 5.69. The van der Waals surface area contributed by atoms with E-state index in [1.165, 1.54) is 36.8 Å². The van der Waals surface area contributed by atoms with E-state index in [0.717, 1.165) is 6.42 Å². The molecule has 0 bridgehead atoms. The molecule has 0 heteroatoms. The van der Waals surface area contributed by atoms with Crippen molar-refractivity contribution in [2.75, 3.05) is 0 Å². The van der Waals surface area contributed by atoms with Crippen LogP contribution in [0, 0.1) is 0 Å². The summed E-state index contributed by atoms with van der Waals surface area (Å²) in [5.74, 6) is 0. The molecular weight excluding hydrogens is 252 g/mol. The van der Waals surface area contributed by atoms with Crippen LogP contribution in [-0.4, -0.2) is 0 Å². The molecule has 0 heterocycles. The summed E-state index contributed by atoms with van der Waals surface area (Å²) in [4.78, 5) is 0. The normalized spacial score (nSPS) is 12.5. The molecular formula is C21H34. The SMILES string of the molecule is C=CCCCCCc1cc(C(C)(C)C)ccc1C(C)(C)C. The monoisotopic (exact) mass is 286 g/mol. The fourth-order valence-corrected chi connectivity index (χ4v) is 2.78. The van der Waals surface area contributed by atoms with E-state index in [-0.39, 0.29) is 10.8 Å². The molecule has 118 valence electrons. The van der Waals surface area contributed by atoms with Gasteiger partial charge in [-0.1, -0.05) is 72.2 Å². The second kappa shape index (κ2) is 7.29. The summed E-state index contributed by atoms with van der Waals surface area (Å²) in [7, 11) is 0. The number of unbranched alkanes of at least 4 members (excludes halogenated alkanes) is 3. The Balaban J connectivity index is 2.93. The number of allylic oxidation sites excluding steroid dienone is 1. The molecule has 0 aliphatic rings. The Morgan fingerprint density at radius 2 is 1.57 bits per heavy atom. The summed E-state index contributed by atoms with van der Waals surface area (Å²) in [6, 6.07) is 7.13. The quantitative estimate of drug-likeness (QED) is 0.410. The summed E-state index contributed by atoms with van der Waals surface area (Å²) in [5.41, 5.74) is 4.98. The molecule has 0 aromatic heterocycles. The summed E-state index contributed by atoms with van der Waals surface area (Å²) >= 11 is 0. The highest BCUT2D eigenvalue weighted by atomic mass is 14.3. The number of aryl methyl sites for hydroxylation is 1. The van der Waals surface area contributed by atoms with Gasteiger partial charge in [0.15, 0.2) is 0 Å². The number of hydrogen-bond acceptors (Lipinski definition) is 0. The van der Waals surface area contributed by atoms with Gasteiger partial charge in [-0.3, -0.25) is 0 Å².